The van der Waals surface area contributed by atoms with Crippen molar-refractivity contribution in [2.24, 2.45) is 0 Å². The molecule has 0 spiro atoms. The summed E-state index contributed by atoms with van der Waals surface area (Å²) >= 11 is 0. The van der Waals surface area contributed by atoms with E-state index < -0.39 is 0 Å². The van der Waals surface area contributed by atoms with Gasteiger partial charge in [0.2, 0.25) is 0 Å². The fourth-order valence-electron chi connectivity index (χ4n) is 4.31. The van der Waals surface area contributed by atoms with E-state index in [4.69, 9.17) is 4.74 Å². The summed E-state index contributed by atoms with van der Waals surface area (Å²) in [6, 6.07) is 6.15. The summed E-state index contributed by atoms with van der Waals surface area (Å²) in [4.78, 5) is 2.45. The summed E-state index contributed by atoms with van der Waals surface area (Å²) < 4.78 is 6.24. The standard InChI is InChI=1S/C15H19NO2/c1-16-8-7-15-6-2-3-12(16)14(15)18-13-5-4-10(17)9-11(13)15/h4-5,9,12,14,17H,2-3,6-8H2,1H3/t12-,14-,15-/m0/s1. The quantitative estimate of drug-likeness (QED) is 0.761. The summed E-state index contributed by atoms with van der Waals surface area (Å²) in [6.45, 7) is 1.14. The van der Waals surface area contributed by atoms with E-state index in [0.717, 1.165) is 18.7 Å². The summed E-state index contributed by atoms with van der Waals surface area (Å²) in [5.74, 6) is 1.37. The topological polar surface area (TPSA) is 32.7 Å². The smallest absolute Gasteiger partial charge is 0.124 e. The van der Waals surface area contributed by atoms with Crippen molar-refractivity contribution in [1.29, 1.82) is 0 Å². The Morgan fingerprint density at radius 3 is 3.17 bits per heavy atom. The van der Waals surface area contributed by atoms with E-state index >= 15 is 0 Å². The number of benzene rings is 1. The van der Waals surface area contributed by atoms with Crippen LogP contribution in [0, 0.1) is 0 Å². The average Bonchev–Trinajstić information content (AvgIpc) is 2.69. The van der Waals surface area contributed by atoms with Gasteiger partial charge in [-0.25, -0.2) is 0 Å². The van der Waals surface area contributed by atoms with E-state index in [-0.39, 0.29) is 5.41 Å². The lowest BCUT2D eigenvalue weighted by Crippen LogP contribution is -2.60. The molecule has 3 aliphatic rings. The lowest BCUT2D eigenvalue weighted by molar-refractivity contribution is -0.0303. The highest BCUT2D eigenvalue weighted by atomic mass is 16.5. The second-order valence-corrected chi connectivity index (χ2v) is 6.07. The van der Waals surface area contributed by atoms with Crippen LogP contribution in [0.2, 0.25) is 0 Å². The van der Waals surface area contributed by atoms with Crippen LogP contribution in [0.25, 0.3) is 0 Å². The highest BCUT2D eigenvalue weighted by Crippen LogP contribution is 2.55. The molecule has 2 aliphatic heterocycles. The Bertz CT molecular complexity index is 501. The third kappa shape index (κ3) is 1.18. The number of fused-ring (bicyclic) bond motifs is 1. The van der Waals surface area contributed by atoms with Crippen LogP contribution in [0.15, 0.2) is 18.2 Å². The molecular formula is C15H19NO2. The maximum absolute atomic E-state index is 9.77. The van der Waals surface area contributed by atoms with Gasteiger partial charge in [-0.2, -0.15) is 0 Å². The number of nitrogens with zero attached hydrogens (tertiary/aromatic N) is 1. The predicted molar refractivity (Wildman–Crippen MR) is 69.1 cm³/mol. The molecule has 1 aliphatic carbocycles. The van der Waals surface area contributed by atoms with Gasteiger partial charge in [0, 0.05) is 17.0 Å². The normalized spacial score (nSPS) is 37.8. The molecular weight excluding hydrogens is 226 g/mol. The molecule has 1 saturated heterocycles. The number of phenolic OH excluding ortho intramolecular Hbond substituents is 1. The first kappa shape index (κ1) is 10.7. The summed E-state index contributed by atoms with van der Waals surface area (Å²) in [7, 11) is 2.21. The largest absolute Gasteiger partial charge is 0.508 e. The van der Waals surface area contributed by atoms with Gasteiger partial charge in [-0.15, -0.1) is 0 Å². The Balaban J connectivity index is 1.87. The number of likely N-dealkylation sites (tertiary alicyclic amines) is 1. The van der Waals surface area contributed by atoms with Crippen LogP contribution in [-0.2, 0) is 5.41 Å². The van der Waals surface area contributed by atoms with Crippen LogP contribution in [-0.4, -0.2) is 35.7 Å². The molecule has 3 nitrogen and oxygen atoms in total. The molecule has 2 heterocycles. The van der Waals surface area contributed by atoms with Crippen LogP contribution in [0.5, 0.6) is 11.5 Å². The molecule has 3 atom stereocenters. The molecule has 1 aromatic carbocycles. The highest BCUT2D eigenvalue weighted by molar-refractivity contribution is 5.50. The van der Waals surface area contributed by atoms with Gasteiger partial charge in [-0.1, -0.05) is 6.42 Å². The second kappa shape index (κ2) is 3.41. The zero-order chi connectivity index (χ0) is 12.3. The Morgan fingerprint density at radius 1 is 1.39 bits per heavy atom. The monoisotopic (exact) mass is 245 g/mol. The third-order valence-electron chi connectivity index (χ3n) is 5.25. The minimum atomic E-state index is 0.170. The maximum atomic E-state index is 9.77. The van der Waals surface area contributed by atoms with Crippen LogP contribution < -0.4 is 4.74 Å². The summed E-state index contributed by atoms with van der Waals surface area (Å²) in [5, 5.41) is 9.77. The fourth-order valence-corrected chi connectivity index (χ4v) is 4.31. The second-order valence-electron chi connectivity index (χ2n) is 6.07. The van der Waals surface area contributed by atoms with Crippen LogP contribution in [0.3, 0.4) is 0 Å². The number of phenols is 1. The lowest BCUT2D eigenvalue weighted by Gasteiger charge is -2.51. The first-order chi connectivity index (χ1) is 8.71. The van der Waals surface area contributed by atoms with Gasteiger partial charge in [0.15, 0.2) is 0 Å². The molecule has 1 aromatic rings. The lowest BCUT2D eigenvalue weighted by atomic mass is 9.62. The Morgan fingerprint density at radius 2 is 2.28 bits per heavy atom. The first-order valence-electron chi connectivity index (χ1n) is 6.91. The van der Waals surface area contributed by atoms with Crippen LogP contribution in [0.4, 0.5) is 0 Å². The van der Waals surface area contributed by atoms with Crippen molar-refractivity contribution < 1.29 is 9.84 Å². The molecule has 4 rings (SSSR count). The Hall–Kier alpha value is -1.22. The van der Waals surface area contributed by atoms with Crippen molar-refractivity contribution in [2.45, 2.75) is 43.2 Å². The number of hydrogen-bond donors (Lipinski definition) is 1. The molecule has 0 amide bonds. The van der Waals surface area contributed by atoms with Gasteiger partial charge in [0.1, 0.15) is 17.6 Å². The minimum Gasteiger partial charge on any atom is -0.508 e. The molecule has 1 saturated carbocycles. The average molecular weight is 245 g/mol. The highest BCUT2D eigenvalue weighted by Gasteiger charge is 2.57. The van der Waals surface area contributed by atoms with Crippen LogP contribution in [0.1, 0.15) is 31.2 Å². The maximum Gasteiger partial charge on any atom is 0.124 e. The number of likely N-dealkylation sites (N-methyl/N-ethyl adjacent to an activating group) is 1. The van der Waals surface area contributed by atoms with E-state index in [1.807, 2.05) is 12.1 Å². The summed E-state index contributed by atoms with van der Waals surface area (Å²) in [6.07, 6.45) is 5.16. The number of aromatic hydroxyl groups is 1. The fraction of sp³-hybridized carbons (Fsp3) is 0.600. The van der Waals surface area contributed by atoms with Gasteiger partial charge in [-0.3, -0.25) is 4.90 Å². The van der Waals surface area contributed by atoms with Gasteiger partial charge in [0.05, 0.1) is 0 Å². The molecule has 18 heavy (non-hydrogen) atoms. The van der Waals surface area contributed by atoms with Crippen molar-refractivity contribution in [3.05, 3.63) is 23.8 Å². The number of hydrogen-bond acceptors (Lipinski definition) is 3. The van der Waals surface area contributed by atoms with Gasteiger partial charge < -0.3 is 9.84 Å². The molecule has 2 fully saturated rings. The Kier molecular flexibility index (Phi) is 2.03. The molecule has 0 aromatic heterocycles. The van der Waals surface area contributed by atoms with Crippen LogP contribution >= 0.6 is 0 Å². The molecule has 0 radical (unpaired) electrons. The Labute approximate surface area is 107 Å². The summed E-state index contributed by atoms with van der Waals surface area (Å²) in [5.41, 5.74) is 1.43. The molecule has 1 N–H and O–H groups in total. The molecule has 2 bridgehead atoms. The van der Waals surface area contributed by atoms with Crippen molar-refractivity contribution in [3.63, 3.8) is 0 Å². The minimum absolute atomic E-state index is 0.170. The van der Waals surface area contributed by atoms with Crippen molar-refractivity contribution in [3.8, 4) is 11.5 Å². The molecule has 0 unspecified atom stereocenters. The van der Waals surface area contributed by atoms with E-state index in [1.54, 1.807) is 6.07 Å². The third-order valence-corrected chi connectivity index (χ3v) is 5.25. The molecule has 96 valence electrons. The van der Waals surface area contributed by atoms with Crippen molar-refractivity contribution >= 4 is 0 Å². The zero-order valence-electron chi connectivity index (χ0n) is 10.7. The van der Waals surface area contributed by atoms with E-state index in [2.05, 4.69) is 11.9 Å². The number of piperidine rings is 1. The molecule has 3 heteroatoms. The SMILES string of the molecule is CN1CC[C@]23CCC[C@H]1[C@@H]2Oc1ccc(O)cc13. The van der Waals surface area contributed by atoms with E-state index in [9.17, 15) is 5.11 Å². The van der Waals surface area contributed by atoms with Crippen molar-refractivity contribution in [2.75, 3.05) is 13.6 Å². The number of rotatable bonds is 0. The van der Waals surface area contributed by atoms with E-state index in [0.29, 0.717) is 17.9 Å². The van der Waals surface area contributed by atoms with Gasteiger partial charge in [0.25, 0.3) is 0 Å². The van der Waals surface area contributed by atoms with E-state index in [1.165, 1.54) is 24.8 Å². The van der Waals surface area contributed by atoms with Gasteiger partial charge in [-0.05, 0) is 51.1 Å². The first-order valence-corrected chi connectivity index (χ1v) is 6.91. The predicted octanol–water partition coefficient (Wildman–Crippen LogP) is 2.28. The zero-order valence-corrected chi connectivity index (χ0v) is 10.7. The number of ether oxygens (including phenoxy) is 1. The van der Waals surface area contributed by atoms with Gasteiger partial charge >= 0.3 is 0 Å². The van der Waals surface area contributed by atoms with Crippen molar-refractivity contribution in [1.82, 2.24) is 4.90 Å².